The van der Waals surface area contributed by atoms with Crippen LogP contribution < -0.4 is 4.74 Å². The number of ether oxygens (including phenoxy) is 1. The number of fused-ring (bicyclic) bond motifs is 1. The van der Waals surface area contributed by atoms with E-state index in [0.717, 1.165) is 15.7 Å². The lowest BCUT2D eigenvalue weighted by molar-refractivity contribution is 0.415. The van der Waals surface area contributed by atoms with Crippen LogP contribution in [0.4, 0.5) is 0 Å². The predicted molar refractivity (Wildman–Crippen MR) is 49.4 cm³/mol. The molecule has 0 bridgehead atoms. The van der Waals surface area contributed by atoms with Crippen molar-refractivity contribution in [3.05, 3.63) is 29.0 Å². The topological polar surface area (TPSA) is 26.5 Å². The Bertz CT molecular complexity index is 410. The van der Waals surface area contributed by atoms with Gasteiger partial charge in [0.25, 0.3) is 0 Å². The van der Waals surface area contributed by atoms with Crippen LogP contribution in [0.2, 0.25) is 0 Å². The van der Waals surface area contributed by atoms with Crippen LogP contribution in [0.5, 0.6) is 5.75 Å². The average molecular weight is 227 g/mol. The van der Waals surface area contributed by atoms with Crippen molar-refractivity contribution in [2.24, 2.45) is 0 Å². The number of rotatable bonds is 1. The van der Waals surface area contributed by atoms with Gasteiger partial charge in [-0.05, 0) is 28.1 Å². The van der Waals surface area contributed by atoms with E-state index in [9.17, 15) is 0 Å². The molecule has 0 aliphatic carbocycles. The van der Waals surface area contributed by atoms with Crippen molar-refractivity contribution in [1.29, 1.82) is 0 Å². The molecule has 0 N–H and O–H groups in total. The van der Waals surface area contributed by atoms with Gasteiger partial charge in [-0.15, -0.1) is 0 Å². The molecule has 12 heavy (non-hydrogen) atoms. The summed E-state index contributed by atoms with van der Waals surface area (Å²) >= 11 is 3.40. The van der Waals surface area contributed by atoms with Gasteiger partial charge in [0, 0.05) is 6.20 Å². The lowest BCUT2D eigenvalue weighted by Gasteiger charge is -2.03. The van der Waals surface area contributed by atoms with E-state index in [0.29, 0.717) is 0 Å². The molecule has 0 saturated carbocycles. The molecule has 0 aromatic carbocycles. The molecule has 0 spiro atoms. The van der Waals surface area contributed by atoms with E-state index >= 15 is 0 Å². The van der Waals surface area contributed by atoms with E-state index in [2.05, 4.69) is 21.0 Å². The molecule has 0 saturated heterocycles. The molecule has 0 fully saturated rings. The van der Waals surface area contributed by atoms with Crippen LogP contribution in [0.1, 0.15) is 0 Å². The van der Waals surface area contributed by atoms with Gasteiger partial charge in [0.1, 0.15) is 5.52 Å². The molecule has 4 heteroatoms. The lowest BCUT2D eigenvalue weighted by Crippen LogP contribution is -1.91. The highest BCUT2D eigenvalue weighted by molar-refractivity contribution is 9.10. The van der Waals surface area contributed by atoms with E-state index < -0.39 is 0 Å². The average Bonchev–Trinajstić information content (AvgIpc) is 2.52. The van der Waals surface area contributed by atoms with E-state index in [1.165, 1.54) is 0 Å². The number of methoxy groups -OCH3 is 1. The van der Waals surface area contributed by atoms with Crippen molar-refractivity contribution in [2.45, 2.75) is 0 Å². The third-order valence-electron chi connectivity index (χ3n) is 1.69. The first-order chi connectivity index (χ1) is 5.83. The second-order valence-corrected chi connectivity index (χ2v) is 3.21. The number of aromatic nitrogens is 2. The molecule has 0 aliphatic heterocycles. The minimum atomic E-state index is 0.815. The smallest absolute Gasteiger partial charge is 0.158 e. The van der Waals surface area contributed by atoms with Crippen LogP contribution in [0.25, 0.3) is 5.52 Å². The zero-order valence-electron chi connectivity index (χ0n) is 6.49. The molecular weight excluding hydrogens is 220 g/mol. The van der Waals surface area contributed by atoms with Gasteiger partial charge >= 0.3 is 0 Å². The molecule has 0 atom stereocenters. The van der Waals surface area contributed by atoms with Gasteiger partial charge in [-0.25, -0.2) is 4.52 Å². The molecule has 3 nitrogen and oxygen atoms in total. The molecule has 0 unspecified atom stereocenters. The van der Waals surface area contributed by atoms with Crippen LogP contribution in [-0.4, -0.2) is 16.7 Å². The minimum absolute atomic E-state index is 0.815. The summed E-state index contributed by atoms with van der Waals surface area (Å²) in [6, 6.07) is 3.81. The molecule has 2 aromatic rings. The van der Waals surface area contributed by atoms with E-state index in [1.807, 2.05) is 18.3 Å². The summed E-state index contributed by atoms with van der Waals surface area (Å²) in [6.45, 7) is 0. The molecule has 2 rings (SSSR count). The zero-order chi connectivity index (χ0) is 8.55. The second-order valence-electron chi connectivity index (χ2n) is 2.36. The maximum atomic E-state index is 5.21. The fourth-order valence-corrected chi connectivity index (χ4v) is 1.63. The zero-order valence-corrected chi connectivity index (χ0v) is 8.08. The van der Waals surface area contributed by atoms with Crippen molar-refractivity contribution >= 4 is 21.4 Å². The quantitative estimate of drug-likeness (QED) is 0.745. The van der Waals surface area contributed by atoms with Gasteiger partial charge in [0.2, 0.25) is 0 Å². The molecule has 0 aliphatic rings. The number of halogens is 1. The molecule has 62 valence electrons. The SMILES string of the molecule is COc1c(Br)ccn2nccc12. The fourth-order valence-electron chi connectivity index (χ4n) is 1.15. The molecule has 2 aromatic heterocycles. The highest BCUT2D eigenvalue weighted by atomic mass is 79.9. The van der Waals surface area contributed by atoms with E-state index in [1.54, 1.807) is 17.8 Å². The Kier molecular flexibility index (Phi) is 1.77. The Hall–Kier alpha value is -1.03. The molecule has 2 heterocycles. The Morgan fingerprint density at radius 1 is 1.50 bits per heavy atom. The van der Waals surface area contributed by atoms with Crippen LogP contribution in [0.15, 0.2) is 29.0 Å². The Labute approximate surface area is 78.1 Å². The summed E-state index contributed by atoms with van der Waals surface area (Å²) in [4.78, 5) is 0. The third kappa shape index (κ3) is 0.992. The van der Waals surface area contributed by atoms with Gasteiger partial charge in [-0.2, -0.15) is 5.10 Å². The van der Waals surface area contributed by atoms with Crippen molar-refractivity contribution in [1.82, 2.24) is 9.61 Å². The van der Waals surface area contributed by atoms with Crippen LogP contribution in [0, 0.1) is 0 Å². The van der Waals surface area contributed by atoms with Gasteiger partial charge in [0.15, 0.2) is 5.75 Å². The lowest BCUT2D eigenvalue weighted by atomic mass is 10.4. The number of hydrogen-bond acceptors (Lipinski definition) is 2. The fraction of sp³-hybridized carbons (Fsp3) is 0.125. The number of hydrogen-bond donors (Lipinski definition) is 0. The van der Waals surface area contributed by atoms with E-state index in [-0.39, 0.29) is 0 Å². The van der Waals surface area contributed by atoms with Gasteiger partial charge in [-0.1, -0.05) is 0 Å². The van der Waals surface area contributed by atoms with Gasteiger partial charge in [-0.3, -0.25) is 0 Å². The van der Waals surface area contributed by atoms with Crippen molar-refractivity contribution in [3.8, 4) is 5.75 Å². The summed E-state index contributed by atoms with van der Waals surface area (Å²) in [5, 5.41) is 4.08. The second kappa shape index (κ2) is 2.79. The highest BCUT2D eigenvalue weighted by Gasteiger charge is 2.05. The maximum absolute atomic E-state index is 5.21. The van der Waals surface area contributed by atoms with Gasteiger partial charge < -0.3 is 4.74 Å². The Balaban J connectivity index is 2.83. The van der Waals surface area contributed by atoms with Crippen molar-refractivity contribution in [2.75, 3.05) is 7.11 Å². The van der Waals surface area contributed by atoms with Crippen LogP contribution >= 0.6 is 15.9 Å². The van der Waals surface area contributed by atoms with E-state index in [4.69, 9.17) is 4.74 Å². The third-order valence-corrected chi connectivity index (χ3v) is 2.31. The highest BCUT2D eigenvalue weighted by Crippen LogP contribution is 2.28. The first-order valence-corrected chi connectivity index (χ1v) is 4.28. The summed E-state index contributed by atoms with van der Waals surface area (Å²) in [5.41, 5.74) is 0.965. The predicted octanol–water partition coefficient (Wildman–Crippen LogP) is 2.11. The van der Waals surface area contributed by atoms with Crippen molar-refractivity contribution < 1.29 is 4.74 Å². The molecule has 0 amide bonds. The number of pyridine rings is 1. The van der Waals surface area contributed by atoms with Crippen LogP contribution in [-0.2, 0) is 0 Å². The Morgan fingerprint density at radius 2 is 2.33 bits per heavy atom. The molecular formula is C8H7BrN2O. The summed E-state index contributed by atoms with van der Waals surface area (Å²) in [7, 11) is 1.65. The first-order valence-electron chi connectivity index (χ1n) is 3.49. The first kappa shape index (κ1) is 7.61. The minimum Gasteiger partial charge on any atom is -0.493 e. The normalized spacial score (nSPS) is 10.5. The van der Waals surface area contributed by atoms with Crippen LogP contribution in [0.3, 0.4) is 0 Å². The largest absolute Gasteiger partial charge is 0.493 e. The standard InChI is InChI=1S/C8H7BrN2O/c1-12-8-6(9)3-5-11-7(8)2-4-10-11/h2-5H,1H3. The maximum Gasteiger partial charge on any atom is 0.158 e. The Morgan fingerprint density at radius 3 is 3.08 bits per heavy atom. The molecule has 0 radical (unpaired) electrons. The van der Waals surface area contributed by atoms with Crippen molar-refractivity contribution in [3.63, 3.8) is 0 Å². The number of nitrogens with zero attached hydrogens (tertiary/aromatic N) is 2. The summed E-state index contributed by atoms with van der Waals surface area (Å²) in [5.74, 6) is 0.815. The summed E-state index contributed by atoms with van der Waals surface area (Å²) < 4.78 is 7.92. The summed E-state index contributed by atoms with van der Waals surface area (Å²) in [6.07, 6.45) is 3.62. The van der Waals surface area contributed by atoms with Gasteiger partial charge in [0.05, 0.1) is 17.8 Å². The monoisotopic (exact) mass is 226 g/mol.